The van der Waals surface area contributed by atoms with Gasteiger partial charge in [-0.1, -0.05) is 30.3 Å². The third-order valence-corrected chi connectivity index (χ3v) is 6.93. The monoisotopic (exact) mass is 439 g/mol. The average molecular weight is 440 g/mol. The molecule has 8 heteroatoms. The van der Waals surface area contributed by atoms with Crippen molar-refractivity contribution in [3.63, 3.8) is 0 Å². The summed E-state index contributed by atoms with van der Waals surface area (Å²) in [7, 11) is -2.19. The average Bonchev–Trinajstić information content (AvgIpc) is 2.79. The second kappa shape index (κ2) is 9.60. The van der Waals surface area contributed by atoms with E-state index in [1.165, 1.54) is 11.4 Å². The van der Waals surface area contributed by atoms with Crippen LogP contribution < -0.4 is 9.73 Å². The lowest BCUT2D eigenvalue weighted by Gasteiger charge is -2.19. The number of nitrogens with zero attached hydrogens (tertiary/aromatic N) is 2. The zero-order chi connectivity index (χ0) is 21.6. The van der Waals surface area contributed by atoms with E-state index in [0.717, 1.165) is 10.5 Å². The maximum Gasteiger partial charge on any atom is 0.271 e. The van der Waals surface area contributed by atoms with Gasteiger partial charge >= 0.3 is 0 Å². The van der Waals surface area contributed by atoms with Crippen LogP contribution in [-0.2, 0) is 10.0 Å². The van der Waals surface area contributed by atoms with Crippen LogP contribution in [0, 0.1) is 0 Å². The second-order valence-electron chi connectivity index (χ2n) is 6.30. The van der Waals surface area contributed by atoms with E-state index in [-0.39, 0.29) is 10.8 Å². The van der Waals surface area contributed by atoms with E-state index in [0.29, 0.717) is 11.3 Å². The Bertz CT molecular complexity index is 1130. The van der Waals surface area contributed by atoms with Gasteiger partial charge in [-0.2, -0.15) is 5.10 Å². The van der Waals surface area contributed by atoms with Gasteiger partial charge in [0.2, 0.25) is 0 Å². The Morgan fingerprint density at radius 1 is 0.967 bits per heavy atom. The number of thioether (sulfide) groups is 1. The van der Waals surface area contributed by atoms with Crippen LogP contribution in [0.4, 0.5) is 5.69 Å². The van der Waals surface area contributed by atoms with Gasteiger partial charge in [0.25, 0.3) is 15.9 Å². The summed E-state index contributed by atoms with van der Waals surface area (Å²) in [5.74, 6) is -0.382. The third kappa shape index (κ3) is 5.08. The molecular formula is C22H21N3O3S2. The molecule has 3 rings (SSSR count). The summed E-state index contributed by atoms with van der Waals surface area (Å²) >= 11 is 1.65. The highest BCUT2D eigenvalue weighted by Crippen LogP contribution is 2.22. The number of hydrogen-bond donors (Lipinski definition) is 1. The number of nitrogens with one attached hydrogen (secondary N) is 1. The number of amides is 1. The van der Waals surface area contributed by atoms with Gasteiger partial charge in [0, 0.05) is 17.5 Å². The maximum atomic E-state index is 12.7. The van der Waals surface area contributed by atoms with Crippen molar-refractivity contribution in [1.82, 2.24) is 5.43 Å². The second-order valence-corrected chi connectivity index (χ2v) is 9.15. The van der Waals surface area contributed by atoms with Crippen molar-refractivity contribution < 1.29 is 13.2 Å². The van der Waals surface area contributed by atoms with Gasteiger partial charge in [0.1, 0.15) is 0 Å². The number of anilines is 1. The van der Waals surface area contributed by atoms with Crippen LogP contribution in [0.1, 0.15) is 15.9 Å². The Morgan fingerprint density at radius 2 is 1.60 bits per heavy atom. The van der Waals surface area contributed by atoms with Crippen molar-refractivity contribution in [3.8, 4) is 0 Å². The molecule has 0 saturated carbocycles. The summed E-state index contributed by atoms with van der Waals surface area (Å²) in [5.41, 5.74) is 4.17. The lowest BCUT2D eigenvalue weighted by Crippen LogP contribution is -2.26. The summed E-state index contributed by atoms with van der Waals surface area (Å²) in [5, 5.41) is 3.97. The first-order chi connectivity index (χ1) is 14.4. The van der Waals surface area contributed by atoms with E-state index in [1.54, 1.807) is 72.6 Å². The number of sulfonamides is 1. The van der Waals surface area contributed by atoms with E-state index in [9.17, 15) is 13.2 Å². The molecule has 3 aromatic rings. The number of hydrazone groups is 1. The van der Waals surface area contributed by atoms with Gasteiger partial charge in [-0.3, -0.25) is 9.10 Å². The molecule has 1 amide bonds. The molecule has 0 aromatic heterocycles. The zero-order valence-electron chi connectivity index (χ0n) is 16.5. The first-order valence-electron chi connectivity index (χ1n) is 9.03. The molecule has 0 fully saturated rings. The molecule has 0 bridgehead atoms. The van der Waals surface area contributed by atoms with Crippen LogP contribution in [0.2, 0.25) is 0 Å². The molecule has 6 nitrogen and oxygen atoms in total. The van der Waals surface area contributed by atoms with Crippen LogP contribution in [-0.4, -0.2) is 33.8 Å². The predicted molar refractivity (Wildman–Crippen MR) is 122 cm³/mol. The first-order valence-corrected chi connectivity index (χ1v) is 11.7. The molecule has 0 aliphatic carbocycles. The Morgan fingerprint density at radius 3 is 2.20 bits per heavy atom. The number of carbonyl (C=O) groups is 1. The van der Waals surface area contributed by atoms with Crippen molar-refractivity contribution in [2.75, 3.05) is 17.6 Å². The molecule has 3 aromatic carbocycles. The summed E-state index contributed by atoms with van der Waals surface area (Å²) < 4.78 is 26.6. The third-order valence-electron chi connectivity index (χ3n) is 4.39. The molecule has 1 N–H and O–H groups in total. The Kier molecular flexibility index (Phi) is 6.91. The van der Waals surface area contributed by atoms with Crippen molar-refractivity contribution in [1.29, 1.82) is 0 Å². The smallest absolute Gasteiger partial charge is 0.269 e. The summed E-state index contributed by atoms with van der Waals surface area (Å²) in [4.78, 5) is 13.6. The topological polar surface area (TPSA) is 78.8 Å². The minimum atomic E-state index is -3.67. The van der Waals surface area contributed by atoms with Gasteiger partial charge < -0.3 is 0 Å². The van der Waals surface area contributed by atoms with Gasteiger partial charge in [0.15, 0.2) is 0 Å². The molecule has 0 saturated heterocycles. The van der Waals surface area contributed by atoms with Crippen molar-refractivity contribution in [2.24, 2.45) is 5.10 Å². The van der Waals surface area contributed by atoms with Crippen LogP contribution in [0.25, 0.3) is 0 Å². The van der Waals surface area contributed by atoms with Crippen LogP contribution >= 0.6 is 11.8 Å². The fourth-order valence-corrected chi connectivity index (χ4v) is 4.26. The predicted octanol–water partition coefficient (Wildman–Crippen LogP) is 4.00. The van der Waals surface area contributed by atoms with Crippen LogP contribution in [0.3, 0.4) is 0 Å². The maximum absolute atomic E-state index is 12.7. The first kappa shape index (κ1) is 21.6. The lowest BCUT2D eigenvalue weighted by atomic mass is 10.2. The van der Waals surface area contributed by atoms with E-state index < -0.39 is 10.0 Å². The van der Waals surface area contributed by atoms with E-state index >= 15 is 0 Å². The molecule has 154 valence electrons. The highest BCUT2D eigenvalue weighted by Gasteiger charge is 2.21. The minimum absolute atomic E-state index is 0.203. The summed E-state index contributed by atoms with van der Waals surface area (Å²) in [6.07, 6.45) is 3.57. The van der Waals surface area contributed by atoms with E-state index in [1.807, 2.05) is 30.5 Å². The molecule has 0 unspecified atom stereocenters. The van der Waals surface area contributed by atoms with Crippen LogP contribution in [0.5, 0.6) is 0 Å². The Balaban J connectivity index is 1.65. The summed E-state index contributed by atoms with van der Waals surface area (Å²) in [6.45, 7) is 0. The van der Waals surface area contributed by atoms with E-state index in [2.05, 4.69) is 10.5 Å². The molecule has 0 heterocycles. The SMILES string of the molecule is CSc1ccc(/C=N\NC(=O)c2ccc(N(C)S(=O)(=O)c3ccccc3)cc2)cc1. The number of rotatable bonds is 7. The standard InChI is InChI=1S/C22H21N3O3S2/c1-25(30(27,28)21-6-4-3-5-7-21)19-12-10-18(11-13-19)22(26)24-23-16-17-8-14-20(29-2)15-9-17/h3-16H,1-2H3,(H,24,26)/b23-16-. The number of carbonyl (C=O) groups excluding carboxylic acids is 1. The summed E-state index contributed by atoms with van der Waals surface area (Å²) in [6, 6.07) is 22.3. The molecule has 0 aliphatic heterocycles. The van der Waals surface area contributed by atoms with Crippen LogP contribution in [0.15, 0.2) is 93.8 Å². The highest BCUT2D eigenvalue weighted by molar-refractivity contribution is 7.98. The Hall–Kier alpha value is -3.10. The normalized spacial score (nSPS) is 11.4. The minimum Gasteiger partial charge on any atom is -0.269 e. The molecule has 0 atom stereocenters. The van der Waals surface area contributed by atoms with Crippen molar-refractivity contribution >= 4 is 39.6 Å². The number of hydrogen-bond acceptors (Lipinski definition) is 5. The van der Waals surface area contributed by atoms with Gasteiger partial charge in [-0.15, -0.1) is 11.8 Å². The Labute approximate surface area is 180 Å². The quantitative estimate of drug-likeness (QED) is 0.343. The largest absolute Gasteiger partial charge is 0.271 e. The highest BCUT2D eigenvalue weighted by atomic mass is 32.2. The fourth-order valence-electron chi connectivity index (χ4n) is 2.63. The van der Waals surface area contributed by atoms with Gasteiger partial charge in [-0.05, 0) is 60.4 Å². The zero-order valence-corrected chi connectivity index (χ0v) is 18.2. The molecular weight excluding hydrogens is 418 g/mol. The van der Waals surface area contributed by atoms with Crippen molar-refractivity contribution in [2.45, 2.75) is 9.79 Å². The molecule has 30 heavy (non-hydrogen) atoms. The fraction of sp³-hybridized carbons (Fsp3) is 0.0909. The molecule has 0 radical (unpaired) electrons. The lowest BCUT2D eigenvalue weighted by molar-refractivity contribution is 0.0955. The van der Waals surface area contributed by atoms with E-state index in [4.69, 9.17) is 0 Å². The molecule has 0 spiro atoms. The van der Waals surface area contributed by atoms with Crippen molar-refractivity contribution in [3.05, 3.63) is 90.0 Å². The van der Waals surface area contributed by atoms with Gasteiger partial charge in [0.05, 0.1) is 16.8 Å². The molecule has 0 aliphatic rings. The van der Waals surface area contributed by atoms with Gasteiger partial charge in [-0.25, -0.2) is 13.8 Å². The number of benzene rings is 3.